The Morgan fingerprint density at radius 3 is 2.87 bits per heavy atom. The van der Waals surface area contributed by atoms with Crippen molar-refractivity contribution in [2.24, 2.45) is 0 Å². The molecular weight excluding hydrogens is 409 g/mol. The van der Waals surface area contributed by atoms with Crippen molar-refractivity contribution in [2.45, 2.75) is 44.8 Å². The lowest BCUT2D eigenvalue weighted by atomic mass is 9.95. The number of esters is 1. The third kappa shape index (κ3) is 3.95. The molecule has 2 N–H and O–H groups in total. The number of halogens is 1. The molecule has 2 atom stereocenters. The first-order valence-corrected chi connectivity index (χ1v) is 10.5. The molecule has 0 saturated heterocycles. The number of anilines is 2. The molecule has 0 amide bonds. The number of methoxy groups -OCH3 is 1. The number of hydrogen-bond donors (Lipinski definition) is 2. The van der Waals surface area contributed by atoms with E-state index >= 15 is 0 Å². The molecule has 1 aromatic carbocycles. The Labute approximate surface area is 176 Å². The molecule has 2 aromatic heterocycles. The van der Waals surface area contributed by atoms with Gasteiger partial charge in [0.2, 0.25) is 0 Å². The molecule has 0 spiro atoms. The number of fused-ring (bicyclic) bond motifs is 1. The number of aryl methyl sites for hydroxylation is 1. The number of carbonyl (C=O) groups is 1. The average Bonchev–Trinajstić information content (AvgIpc) is 3.08. The van der Waals surface area contributed by atoms with Gasteiger partial charge in [0, 0.05) is 6.07 Å². The molecule has 7 nitrogen and oxygen atoms in total. The number of aliphatic hydroxyl groups excluding tert-OH is 1. The van der Waals surface area contributed by atoms with Crippen LogP contribution in [0.15, 0.2) is 24.5 Å². The highest BCUT2D eigenvalue weighted by Crippen LogP contribution is 2.37. The van der Waals surface area contributed by atoms with E-state index in [2.05, 4.69) is 15.3 Å². The van der Waals surface area contributed by atoms with Crippen molar-refractivity contribution in [3.8, 4) is 5.75 Å². The van der Waals surface area contributed by atoms with Crippen molar-refractivity contribution in [1.29, 1.82) is 0 Å². The second-order valence-corrected chi connectivity index (χ2v) is 8.22. The summed E-state index contributed by atoms with van der Waals surface area (Å²) in [6, 6.07) is 4.18. The maximum absolute atomic E-state index is 13.9. The Kier molecular flexibility index (Phi) is 5.83. The summed E-state index contributed by atoms with van der Waals surface area (Å²) in [5.74, 6) is -0.0924. The summed E-state index contributed by atoms with van der Waals surface area (Å²) in [5, 5.41) is 14.1. The van der Waals surface area contributed by atoms with Crippen molar-refractivity contribution in [1.82, 2.24) is 9.97 Å². The van der Waals surface area contributed by atoms with Crippen LogP contribution in [0.4, 0.5) is 15.9 Å². The third-order valence-corrected chi connectivity index (χ3v) is 6.42. The summed E-state index contributed by atoms with van der Waals surface area (Å²) >= 11 is 1.23. The summed E-state index contributed by atoms with van der Waals surface area (Å²) in [5.41, 5.74) is 1.22. The van der Waals surface area contributed by atoms with Gasteiger partial charge in [-0.1, -0.05) is 6.42 Å². The second-order valence-electron chi connectivity index (χ2n) is 7.22. The average molecular weight is 431 g/mol. The van der Waals surface area contributed by atoms with Crippen LogP contribution in [0.1, 0.15) is 40.9 Å². The minimum absolute atomic E-state index is 0.300. The van der Waals surface area contributed by atoms with E-state index in [0.717, 1.165) is 12.8 Å². The maximum Gasteiger partial charge on any atom is 0.348 e. The number of rotatable bonds is 5. The zero-order valence-electron chi connectivity index (χ0n) is 16.6. The van der Waals surface area contributed by atoms with Gasteiger partial charge in [0.1, 0.15) is 39.5 Å². The van der Waals surface area contributed by atoms with Gasteiger partial charge in [-0.05, 0) is 43.9 Å². The third-order valence-electron chi connectivity index (χ3n) is 5.24. The SMILES string of the molecule is COC(=O)c1sc2ncnc(Nc3ccc(F)cc3O[C@@H]3CCCC[C@@H]3O)c2c1C. The number of thiophene rings is 1. The van der Waals surface area contributed by atoms with Crippen molar-refractivity contribution in [3.05, 3.63) is 40.8 Å². The number of benzene rings is 1. The van der Waals surface area contributed by atoms with E-state index in [1.807, 2.05) is 0 Å². The minimum Gasteiger partial charge on any atom is -0.485 e. The van der Waals surface area contributed by atoms with Gasteiger partial charge in [0.05, 0.1) is 24.3 Å². The van der Waals surface area contributed by atoms with E-state index in [1.165, 1.54) is 36.9 Å². The van der Waals surface area contributed by atoms with Crippen LogP contribution in [0.25, 0.3) is 10.2 Å². The lowest BCUT2D eigenvalue weighted by molar-refractivity contribution is 0.00712. The Hall–Kier alpha value is -2.78. The standard InChI is InChI=1S/C21H22FN3O4S/c1-11-17-19(23-10-24-20(17)30-18(11)21(27)28-2)25-13-8-7-12(22)9-16(13)29-15-6-4-3-5-14(15)26/h7-10,14-15,26H,3-6H2,1-2H3,(H,23,24,25)/t14-,15+/m0/s1. The molecule has 1 aliphatic rings. The van der Waals surface area contributed by atoms with Crippen LogP contribution in [0.3, 0.4) is 0 Å². The van der Waals surface area contributed by atoms with Crippen LogP contribution < -0.4 is 10.1 Å². The van der Waals surface area contributed by atoms with Gasteiger partial charge in [-0.15, -0.1) is 11.3 Å². The van der Waals surface area contributed by atoms with E-state index in [4.69, 9.17) is 9.47 Å². The Morgan fingerprint density at radius 1 is 1.30 bits per heavy atom. The van der Waals surface area contributed by atoms with Gasteiger partial charge in [0.15, 0.2) is 0 Å². The summed E-state index contributed by atoms with van der Waals surface area (Å²) in [6.07, 6.45) is 3.71. The molecule has 2 heterocycles. The Morgan fingerprint density at radius 2 is 2.10 bits per heavy atom. The molecule has 9 heteroatoms. The fourth-order valence-electron chi connectivity index (χ4n) is 3.66. The molecule has 3 aromatic rings. The van der Waals surface area contributed by atoms with E-state index < -0.39 is 17.9 Å². The lowest BCUT2D eigenvalue weighted by Crippen LogP contribution is -2.34. The van der Waals surface area contributed by atoms with Crippen LogP contribution in [0.5, 0.6) is 5.75 Å². The number of aromatic nitrogens is 2. The molecule has 1 fully saturated rings. The minimum atomic E-state index is -0.581. The largest absolute Gasteiger partial charge is 0.485 e. The highest BCUT2D eigenvalue weighted by molar-refractivity contribution is 7.20. The molecule has 1 aliphatic carbocycles. The smallest absolute Gasteiger partial charge is 0.348 e. The second kappa shape index (κ2) is 8.53. The van der Waals surface area contributed by atoms with Crippen molar-refractivity contribution in [2.75, 3.05) is 12.4 Å². The summed E-state index contributed by atoms with van der Waals surface area (Å²) < 4.78 is 24.8. The van der Waals surface area contributed by atoms with Crippen LogP contribution in [0.2, 0.25) is 0 Å². The van der Waals surface area contributed by atoms with Crippen molar-refractivity contribution >= 4 is 39.0 Å². The molecule has 30 heavy (non-hydrogen) atoms. The molecular formula is C21H22FN3O4S. The number of aliphatic hydroxyl groups is 1. The Bertz CT molecular complexity index is 1090. The zero-order chi connectivity index (χ0) is 21.3. The van der Waals surface area contributed by atoms with Crippen LogP contribution in [-0.2, 0) is 4.74 Å². The number of nitrogens with one attached hydrogen (secondary N) is 1. The summed E-state index contributed by atoms with van der Waals surface area (Å²) in [6.45, 7) is 1.81. The van der Waals surface area contributed by atoms with Crippen molar-refractivity contribution in [3.63, 3.8) is 0 Å². The highest BCUT2D eigenvalue weighted by atomic mass is 32.1. The summed E-state index contributed by atoms with van der Waals surface area (Å²) in [7, 11) is 1.33. The van der Waals surface area contributed by atoms with Crippen molar-refractivity contribution < 1.29 is 23.8 Å². The number of ether oxygens (including phenoxy) is 2. The van der Waals surface area contributed by atoms with Crippen LogP contribution in [0, 0.1) is 12.7 Å². The fourth-order valence-corrected chi connectivity index (χ4v) is 4.72. The lowest BCUT2D eigenvalue weighted by Gasteiger charge is -2.29. The molecule has 0 unspecified atom stereocenters. The summed E-state index contributed by atoms with van der Waals surface area (Å²) in [4.78, 5) is 21.7. The molecule has 4 rings (SSSR count). The zero-order valence-corrected chi connectivity index (χ0v) is 17.5. The highest BCUT2D eigenvalue weighted by Gasteiger charge is 2.26. The quantitative estimate of drug-likeness (QED) is 0.580. The molecule has 0 bridgehead atoms. The van der Waals surface area contributed by atoms with Crippen LogP contribution in [-0.4, -0.2) is 40.4 Å². The molecule has 158 valence electrons. The molecule has 0 aliphatic heterocycles. The van der Waals surface area contributed by atoms with Gasteiger partial charge < -0.3 is 19.9 Å². The first kappa shape index (κ1) is 20.5. The number of hydrogen-bond acceptors (Lipinski definition) is 8. The van der Waals surface area contributed by atoms with E-state index in [1.54, 1.807) is 13.0 Å². The first-order chi connectivity index (χ1) is 14.5. The predicted octanol–water partition coefficient (Wildman–Crippen LogP) is 4.35. The van der Waals surface area contributed by atoms with Gasteiger partial charge in [-0.25, -0.2) is 19.2 Å². The van der Waals surface area contributed by atoms with Gasteiger partial charge >= 0.3 is 5.97 Å². The van der Waals surface area contributed by atoms with Crippen LogP contribution >= 0.6 is 11.3 Å². The predicted molar refractivity (Wildman–Crippen MR) is 112 cm³/mol. The number of nitrogens with zero attached hydrogens (tertiary/aromatic N) is 2. The fraction of sp³-hybridized carbons (Fsp3) is 0.381. The number of carbonyl (C=O) groups excluding carboxylic acids is 1. The van der Waals surface area contributed by atoms with Gasteiger partial charge in [0.25, 0.3) is 0 Å². The van der Waals surface area contributed by atoms with E-state index in [0.29, 0.717) is 50.8 Å². The van der Waals surface area contributed by atoms with Gasteiger partial charge in [-0.3, -0.25) is 0 Å². The maximum atomic E-state index is 13.9. The first-order valence-electron chi connectivity index (χ1n) is 9.71. The topological polar surface area (TPSA) is 93.6 Å². The normalized spacial score (nSPS) is 18.9. The van der Waals surface area contributed by atoms with E-state index in [9.17, 15) is 14.3 Å². The monoisotopic (exact) mass is 431 g/mol. The van der Waals surface area contributed by atoms with Gasteiger partial charge in [-0.2, -0.15) is 0 Å². The molecule has 1 saturated carbocycles. The van der Waals surface area contributed by atoms with E-state index in [-0.39, 0.29) is 6.10 Å². The molecule has 0 radical (unpaired) electrons. The Balaban J connectivity index is 1.70.